The Morgan fingerprint density at radius 2 is 2.12 bits per heavy atom. The van der Waals surface area contributed by atoms with E-state index in [4.69, 9.17) is 9.47 Å². The van der Waals surface area contributed by atoms with Crippen molar-refractivity contribution in [2.45, 2.75) is 12.5 Å². The molecule has 25 heavy (non-hydrogen) atoms. The molecule has 1 aliphatic rings. The highest BCUT2D eigenvalue weighted by molar-refractivity contribution is 5.88. The predicted octanol–water partition coefficient (Wildman–Crippen LogP) is 1.11. The summed E-state index contributed by atoms with van der Waals surface area (Å²) in [5, 5.41) is 6.85. The molecule has 0 bridgehead atoms. The van der Waals surface area contributed by atoms with Crippen LogP contribution in [0.2, 0.25) is 0 Å². The highest BCUT2D eigenvalue weighted by Crippen LogP contribution is 2.20. The molecule has 132 valence electrons. The summed E-state index contributed by atoms with van der Waals surface area (Å²) < 4.78 is 12.0. The lowest BCUT2D eigenvalue weighted by Crippen LogP contribution is -2.35. The van der Waals surface area contributed by atoms with Crippen LogP contribution in [0.5, 0.6) is 5.75 Å². The molecule has 0 aliphatic carbocycles. The smallest absolute Gasteiger partial charge is 0.416 e. The molecule has 1 saturated heterocycles. The molecular formula is C17H20N4O4. The van der Waals surface area contributed by atoms with E-state index in [2.05, 4.69) is 10.4 Å². The van der Waals surface area contributed by atoms with Crippen molar-refractivity contribution < 1.29 is 19.1 Å². The number of hydrogen-bond acceptors (Lipinski definition) is 5. The average Bonchev–Trinajstić information content (AvgIpc) is 3.19. The first-order chi connectivity index (χ1) is 12.1. The fourth-order valence-electron chi connectivity index (χ4n) is 2.67. The summed E-state index contributed by atoms with van der Waals surface area (Å²) in [6, 6.07) is 9.06. The van der Waals surface area contributed by atoms with Crippen LogP contribution in [0.4, 0.5) is 10.6 Å². The van der Waals surface area contributed by atoms with Gasteiger partial charge in [0.25, 0.3) is 0 Å². The number of cyclic esters (lactones) is 1. The summed E-state index contributed by atoms with van der Waals surface area (Å²) in [6.07, 6.45) is 1.06. The Hall–Kier alpha value is -3.03. The normalized spacial score (nSPS) is 16.6. The van der Waals surface area contributed by atoms with Gasteiger partial charge in [-0.05, 0) is 17.7 Å². The number of anilines is 1. The van der Waals surface area contributed by atoms with Crippen molar-refractivity contribution in [3.8, 4) is 5.75 Å². The fourth-order valence-corrected chi connectivity index (χ4v) is 2.67. The van der Waals surface area contributed by atoms with Gasteiger partial charge in [-0.1, -0.05) is 12.1 Å². The summed E-state index contributed by atoms with van der Waals surface area (Å²) in [5.41, 5.74) is 0.887. The van der Waals surface area contributed by atoms with E-state index >= 15 is 0 Å². The van der Waals surface area contributed by atoms with Crippen LogP contribution in [0.15, 0.2) is 36.5 Å². The highest BCUT2D eigenvalue weighted by atomic mass is 16.6. The number of nitrogens with one attached hydrogen (secondary N) is 1. The van der Waals surface area contributed by atoms with E-state index in [9.17, 15) is 9.59 Å². The monoisotopic (exact) mass is 344 g/mol. The van der Waals surface area contributed by atoms with E-state index in [-0.39, 0.29) is 25.0 Å². The molecule has 0 radical (unpaired) electrons. The molecule has 3 rings (SSSR count). The summed E-state index contributed by atoms with van der Waals surface area (Å²) in [7, 11) is 3.35. The SMILES string of the molecule is COc1ccc(CC(=O)NCC2CN(c3ccnn3C)C(=O)O2)cc1. The Bertz CT molecular complexity index is 756. The Balaban J connectivity index is 1.49. The van der Waals surface area contributed by atoms with E-state index in [1.165, 1.54) is 4.90 Å². The molecule has 2 amide bonds. The van der Waals surface area contributed by atoms with Gasteiger partial charge >= 0.3 is 6.09 Å². The lowest BCUT2D eigenvalue weighted by molar-refractivity contribution is -0.120. The Labute approximate surface area is 145 Å². The number of carbonyl (C=O) groups is 2. The zero-order chi connectivity index (χ0) is 17.8. The first kappa shape index (κ1) is 16.8. The minimum absolute atomic E-state index is 0.125. The average molecular weight is 344 g/mol. The van der Waals surface area contributed by atoms with Crippen LogP contribution in [-0.4, -0.2) is 48.1 Å². The van der Waals surface area contributed by atoms with E-state index in [0.717, 1.165) is 11.3 Å². The standard InChI is InChI=1S/C17H20N4O4/c1-20-16(7-8-19-20)21-11-14(25-17(21)23)10-18-15(22)9-12-3-5-13(24-2)6-4-12/h3-8,14H,9-11H2,1-2H3,(H,18,22). The van der Waals surface area contributed by atoms with Crippen molar-refractivity contribution in [3.05, 3.63) is 42.1 Å². The summed E-state index contributed by atoms with van der Waals surface area (Å²) in [6.45, 7) is 0.649. The van der Waals surface area contributed by atoms with Crippen LogP contribution < -0.4 is 15.0 Å². The quantitative estimate of drug-likeness (QED) is 0.848. The lowest BCUT2D eigenvalue weighted by atomic mass is 10.1. The third kappa shape index (κ3) is 3.90. The molecule has 1 aromatic heterocycles. The van der Waals surface area contributed by atoms with Crippen LogP contribution in [0.1, 0.15) is 5.56 Å². The van der Waals surface area contributed by atoms with Gasteiger partial charge in [-0.15, -0.1) is 0 Å². The zero-order valence-corrected chi connectivity index (χ0v) is 14.1. The van der Waals surface area contributed by atoms with Crippen molar-refractivity contribution in [2.24, 2.45) is 7.05 Å². The van der Waals surface area contributed by atoms with Gasteiger partial charge in [0.15, 0.2) is 0 Å². The van der Waals surface area contributed by atoms with Gasteiger partial charge < -0.3 is 14.8 Å². The molecule has 1 aromatic carbocycles. The molecule has 2 heterocycles. The Morgan fingerprint density at radius 1 is 1.36 bits per heavy atom. The number of ether oxygens (including phenoxy) is 2. The molecule has 1 aliphatic heterocycles. The number of amides is 2. The van der Waals surface area contributed by atoms with Crippen LogP contribution >= 0.6 is 0 Å². The second-order valence-corrected chi connectivity index (χ2v) is 5.76. The van der Waals surface area contributed by atoms with Crippen molar-refractivity contribution >= 4 is 17.8 Å². The fraction of sp³-hybridized carbons (Fsp3) is 0.353. The molecular weight excluding hydrogens is 324 g/mol. The molecule has 1 unspecified atom stereocenters. The van der Waals surface area contributed by atoms with Gasteiger partial charge in [0.05, 0.1) is 32.8 Å². The molecule has 1 fully saturated rings. The molecule has 8 heteroatoms. The van der Waals surface area contributed by atoms with E-state index in [0.29, 0.717) is 12.4 Å². The van der Waals surface area contributed by atoms with E-state index in [1.54, 1.807) is 31.1 Å². The van der Waals surface area contributed by atoms with Crippen LogP contribution in [0, 0.1) is 0 Å². The Kier molecular flexibility index (Phi) is 4.87. The molecule has 0 spiro atoms. The maximum Gasteiger partial charge on any atom is 0.416 e. The molecule has 0 saturated carbocycles. The minimum Gasteiger partial charge on any atom is -0.497 e. The largest absolute Gasteiger partial charge is 0.497 e. The third-order valence-corrected chi connectivity index (χ3v) is 4.00. The van der Waals surface area contributed by atoms with Gasteiger partial charge in [0.1, 0.15) is 17.7 Å². The summed E-state index contributed by atoms with van der Waals surface area (Å²) in [4.78, 5) is 25.5. The van der Waals surface area contributed by atoms with Crippen molar-refractivity contribution in [1.29, 1.82) is 0 Å². The predicted molar refractivity (Wildman–Crippen MR) is 90.5 cm³/mol. The van der Waals surface area contributed by atoms with Crippen LogP contribution in [-0.2, 0) is 23.0 Å². The summed E-state index contributed by atoms with van der Waals surface area (Å²) >= 11 is 0. The number of carbonyl (C=O) groups excluding carboxylic acids is 2. The van der Waals surface area contributed by atoms with Crippen LogP contribution in [0.25, 0.3) is 0 Å². The van der Waals surface area contributed by atoms with Gasteiger partial charge in [-0.2, -0.15) is 5.10 Å². The van der Waals surface area contributed by atoms with Gasteiger partial charge in [-0.3, -0.25) is 14.4 Å². The number of aryl methyl sites for hydroxylation is 1. The minimum atomic E-state index is -0.432. The third-order valence-electron chi connectivity index (χ3n) is 4.00. The number of methoxy groups -OCH3 is 1. The number of hydrogen-bond donors (Lipinski definition) is 1. The molecule has 1 N–H and O–H groups in total. The van der Waals surface area contributed by atoms with Crippen molar-refractivity contribution in [3.63, 3.8) is 0 Å². The topological polar surface area (TPSA) is 85.7 Å². The van der Waals surface area contributed by atoms with Gasteiger partial charge in [-0.25, -0.2) is 4.79 Å². The Morgan fingerprint density at radius 3 is 2.76 bits per heavy atom. The number of benzene rings is 1. The van der Waals surface area contributed by atoms with Gasteiger partial charge in [0.2, 0.25) is 5.91 Å². The second-order valence-electron chi connectivity index (χ2n) is 5.76. The maximum atomic E-state index is 12.1. The van der Waals surface area contributed by atoms with Gasteiger partial charge in [0, 0.05) is 13.1 Å². The molecule has 2 aromatic rings. The first-order valence-corrected chi connectivity index (χ1v) is 7.92. The van der Waals surface area contributed by atoms with E-state index in [1.807, 2.05) is 24.3 Å². The second kappa shape index (κ2) is 7.25. The number of rotatable bonds is 6. The summed E-state index contributed by atoms with van der Waals surface area (Å²) in [5.74, 6) is 1.29. The van der Waals surface area contributed by atoms with Crippen molar-refractivity contribution in [1.82, 2.24) is 15.1 Å². The highest BCUT2D eigenvalue weighted by Gasteiger charge is 2.33. The maximum absolute atomic E-state index is 12.1. The zero-order valence-electron chi connectivity index (χ0n) is 14.1. The number of nitrogens with zero attached hydrogens (tertiary/aromatic N) is 3. The van der Waals surface area contributed by atoms with Crippen LogP contribution in [0.3, 0.4) is 0 Å². The lowest BCUT2D eigenvalue weighted by Gasteiger charge is -2.12. The number of aromatic nitrogens is 2. The van der Waals surface area contributed by atoms with E-state index < -0.39 is 6.09 Å². The van der Waals surface area contributed by atoms with Crippen molar-refractivity contribution in [2.75, 3.05) is 25.1 Å². The molecule has 1 atom stereocenters. The first-order valence-electron chi connectivity index (χ1n) is 7.92. The molecule has 8 nitrogen and oxygen atoms in total.